The van der Waals surface area contributed by atoms with Crippen molar-refractivity contribution in [1.82, 2.24) is 5.32 Å². The molecule has 0 radical (unpaired) electrons. The van der Waals surface area contributed by atoms with Gasteiger partial charge >= 0.3 is 0 Å². The molecule has 6 heteroatoms. The zero-order valence-electron chi connectivity index (χ0n) is 13.7. The van der Waals surface area contributed by atoms with Crippen molar-refractivity contribution in [3.05, 3.63) is 29.8 Å². The third-order valence-electron chi connectivity index (χ3n) is 4.05. The van der Waals surface area contributed by atoms with Crippen molar-refractivity contribution in [3.63, 3.8) is 0 Å². The fourth-order valence-electron chi connectivity index (χ4n) is 2.73. The Kier molecular flexibility index (Phi) is 7.52. The number of amides is 2. The Labute approximate surface area is 144 Å². The van der Waals surface area contributed by atoms with Crippen molar-refractivity contribution in [2.75, 3.05) is 11.4 Å². The molecule has 1 heterocycles. The second kappa shape index (κ2) is 8.89. The number of benzene rings is 1. The first-order chi connectivity index (χ1) is 10.5. The predicted octanol–water partition coefficient (Wildman–Crippen LogP) is 2.54. The average Bonchev–Trinajstić information content (AvgIpc) is 2.93. The van der Waals surface area contributed by atoms with Gasteiger partial charge in [-0.1, -0.05) is 25.5 Å². The lowest BCUT2D eigenvalue weighted by atomic mass is 10.1. The summed E-state index contributed by atoms with van der Waals surface area (Å²) in [5.41, 5.74) is 7.72. The van der Waals surface area contributed by atoms with Crippen molar-refractivity contribution < 1.29 is 9.59 Å². The van der Waals surface area contributed by atoms with E-state index in [1.165, 1.54) is 0 Å². The Bertz CT molecular complexity index is 550. The SMILES string of the molecule is CCCC(N)C(=O)NC(C)c1cccc(N2CCCC2=O)c1.Cl. The number of hydrogen-bond acceptors (Lipinski definition) is 3. The molecule has 23 heavy (non-hydrogen) atoms. The number of nitrogens with two attached hydrogens (primary N) is 1. The summed E-state index contributed by atoms with van der Waals surface area (Å²) in [5.74, 6) is 0.0378. The van der Waals surface area contributed by atoms with E-state index >= 15 is 0 Å². The largest absolute Gasteiger partial charge is 0.348 e. The van der Waals surface area contributed by atoms with E-state index in [-0.39, 0.29) is 30.3 Å². The van der Waals surface area contributed by atoms with Gasteiger partial charge in [0.2, 0.25) is 11.8 Å². The molecule has 0 aliphatic carbocycles. The Balaban J connectivity index is 0.00000264. The fourth-order valence-corrected chi connectivity index (χ4v) is 2.73. The van der Waals surface area contributed by atoms with Gasteiger partial charge in [-0.2, -0.15) is 0 Å². The Hall–Kier alpha value is -1.59. The lowest BCUT2D eigenvalue weighted by molar-refractivity contribution is -0.123. The lowest BCUT2D eigenvalue weighted by Gasteiger charge is -2.20. The highest BCUT2D eigenvalue weighted by molar-refractivity contribution is 5.95. The normalized spacial score (nSPS) is 16.7. The van der Waals surface area contributed by atoms with Crippen LogP contribution in [-0.2, 0) is 9.59 Å². The molecule has 2 amide bonds. The molecule has 2 atom stereocenters. The Morgan fingerprint density at radius 3 is 2.78 bits per heavy atom. The van der Waals surface area contributed by atoms with Gasteiger partial charge in [0.05, 0.1) is 12.1 Å². The van der Waals surface area contributed by atoms with E-state index in [0.717, 1.165) is 30.6 Å². The highest BCUT2D eigenvalue weighted by atomic mass is 35.5. The lowest BCUT2D eigenvalue weighted by Crippen LogP contribution is -2.41. The fraction of sp³-hybridized carbons (Fsp3) is 0.529. The van der Waals surface area contributed by atoms with E-state index in [2.05, 4.69) is 5.32 Å². The van der Waals surface area contributed by atoms with Gasteiger partial charge in [0.1, 0.15) is 0 Å². The molecule has 3 N–H and O–H groups in total. The van der Waals surface area contributed by atoms with E-state index in [9.17, 15) is 9.59 Å². The molecule has 2 unspecified atom stereocenters. The Morgan fingerprint density at radius 1 is 1.43 bits per heavy atom. The van der Waals surface area contributed by atoms with E-state index in [1.54, 1.807) is 4.90 Å². The quantitative estimate of drug-likeness (QED) is 0.836. The molecule has 1 aliphatic heterocycles. The molecule has 0 aromatic heterocycles. The van der Waals surface area contributed by atoms with Crippen LogP contribution in [0.1, 0.15) is 51.1 Å². The number of rotatable bonds is 6. The summed E-state index contributed by atoms with van der Waals surface area (Å²) in [5, 5.41) is 2.94. The molecular formula is C17H26ClN3O2. The first kappa shape index (κ1) is 19.5. The van der Waals surface area contributed by atoms with Crippen molar-refractivity contribution >= 4 is 29.9 Å². The number of nitrogens with one attached hydrogen (secondary N) is 1. The van der Waals surface area contributed by atoms with Crippen LogP contribution in [-0.4, -0.2) is 24.4 Å². The van der Waals surface area contributed by atoms with Gasteiger partial charge in [0, 0.05) is 18.7 Å². The molecule has 0 saturated carbocycles. The van der Waals surface area contributed by atoms with Gasteiger partial charge in [0.25, 0.3) is 0 Å². The Morgan fingerprint density at radius 2 is 2.17 bits per heavy atom. The van der Waals surface area contributed by atoms with Gasteiger partial charge < -0.3 is 16.0 Å². The minimum atomic E-state index is -0.462. The van der Waals surface area contributed by atoms with Crippen LogP contribution in [0.15, 0.2) is 24.3 Å². The number of carbonyl (C=O) groups is 2. The molecule has 1 aromatic carbocycles. The van der Waals surface area contributed by atoms with Crippen LogP contribution in [0.3, 0.4) is 0 Å². The molecule has 1 aliphatic rings. The van der Waals surface area contributed by atoms with Crippen molar-refractivity contribution in [1.29, 1.82) is 0 Å². The summed E-state index contributed by atoms with van der Waals surface area (Å²) in [6.07, 6.45) is 3.08. The van der Waals surface area contributed by atoms with Crippen LogP contribution in [0, 0.1) is 0 Å². The van der Waals surface area contributed by atoms with Crippen LogP contribution in [0.2, 0.25) is 0 Å². The summed E-state index contributed by atoms with van der Waals surface area (Å²) in [4.78, 5) is 25.7. The van der Waals surface area contributed by atoms with E-state index in [4.69, 9.17) is 5.73 Å². The highest BCUT2D eigenvalue weighted by Gasteiger charge is 2.22. The number of nitrogens with zero attached hydrogens (tertiary/aromatic N) is 1. The average molecular weight is 340 g/mol. The van der Waals surface area contributed by atoms with Gasteiger partial charge in [0.15, 0.2) is 0 Å². The minimum absolute atomic E-state index is 0. The number of anilines is 1. The van der Waals surface area contributed by atoms with Gasteiger partial charge in [-0.15, -0.1) is 12.4 Å². The minimum Gasteiger partial charge on any atom is -0.348 e. The third kappa shape index (κ3) is 4.94. The summed E-state index contributed by atoms with van der Waals surface area (Å²) < 4.78 is 0. The maximum Gasteiger partial charge on any atom is 0.237 e. The molecule has 5 nitrogen and oxygen atoms in total. The van der Waals surface area contributed by atoms with E-state index < -0.39 is 6.04 Å². The molecule has 1 saturated heterocycles. The molecular weight excluding hydrogens is 314 g/mol. The number of halogens is 1. The smallest absolute Gasteiger partial charge is 0.237 e. The highest BCUT2D eigenvalue weighted by Crippen LogP contribution is 2.24. The van der Waals surface area contributed by atoms with Crippen LogP contribution in [0.5, 0.6) is 0 Å². The second-order valence-corrected chi connectivity index (χ2v) is 5.87. The monoisotopic (exact) mass is 339 g/mol. The molecule has 128 valence electrons. The molecule has 0 bridgehead atoms. The van der Waals surface area contributed by atoms with Crippen molar-refractivity contribution in [2.24, 2.45) is 5.73 Å². The van der Waals surface area contributed by atoms with E-state index in [0.29, 0.717) is 12.8 Å². The second-order valence-electron chi connectivity index (χ2n) is 5.87. The molecule has 1 fully saturated rings. The third-order valence-corrected chi connectivity index (χ3v) is 4.05. The maximum absolute atomic E-state index is 12.0. The number of carbonyl (C=O) groups excluding carboxylic acids is 2. The van der Waals surface area contributed by atoms with Crippen LogP contribution >= 0.6 is 12.4 Å². The van der Waals surface area contributed by atoms with Gasteiger partial charge in [-0.3, -0.25) is 9.59 Å². The van der Waals surface area contributed by atoms with Crippen LogP contribution in [0.25, 0.3) is 0 Å². The summed E-state index contributed by atoms with van der Waals surface area (Å²) in [7, 11) is 0. The summed E-state index contributed by atoms with van der Waals surface area (Å²) in [6, 6.07) is 7.19. The van der Waals surface area contributed by atoms with Crippen LogP contribution < -0.4 is 16.0 Å². The van der Waals surface area contributed by atoms with E-state index in [1.807, 2.05) is 38.1 Å². The van der Waals surface area contributed by atoms with Crippen molar-refractivity contribution in [2.45, 2.75) is 51.6 Å². The molecule has 1 aromatic rings. The van der Waals surface area contributed by atoms with Crippen molar-refractivity contribution in [3.8, 4) is 0 Å². The first-order valence-electron chi connectivity index (χ1n) is 7.99. The maximum atomic E-state index is 12.0. The summed E-state index contributed by atoms with van der Waals surface area (Å²) >= 11 is 0. The zero-order valence-corrected chi connectivity index (χ0v) is 14.6. The standard InChI is InChI=1S/C17H25N3O2.ClH/c1-3-6-15(18)17(22)19-12(2)13-7-4-8-14(11-13)20-10-5-9-16(20)21;/h4,7-8,11-12,15H,3,5-6,9-10,18H2,1-2H3,(H,19,22);1H. The predicted molar refractivity (Wildman–Crippen MR) is 94.7 cm³/mol. The number of hydrogen-bond donors (Lipinski definition) is 2. The first-order valence-corrected chi connectivity index (χ1v) is 7.99. The van der Waals surface area contributed by atoms with Gasteiger partial charge in [-0.05, 0) is 37.5 Å². The molecule has 2 rings (SSSR count). The topological polar surface area (TPSA) is 75.4 Å². The van der Waals surface area contributed by atoms with Gasteiger partial charge in [-0.25, -0.2) is 0 Å². The summed E-state index contributed by atoms with van der Waals surface area (Å²) in [6.45, 7) is 4.71. The molecule has 0 spiro atoms. The zero-order chi connectivity index (χ0) is 16.1. The van der Waals surface area contributed by atoms with Crippen LogP contribution in [0.4, 0.5) is 5.69 Å².